The number of fused-ring (bicyclic) bond motifs is 8. The summed E-state index contributed by atoms with van der Waals surface area (Å²) in [6.45, 7) is 0. The van der Waals surface area contributed by atoms with Crippen LogP contribution in [0.3, 0.4) is 0 Å². The van der Waals surface area contributed by atoms with Gasteiger partial charge in [-0.1, -0.05) is 127 Å². The molecule has 0 aliphatic carbocycles. The number of anilines is 3. The zero-order chi connectivity index (χ0) is 32.3. The maximum Gasteiger partial charge on any atom is 0.143 e. The third-order valence-electron chi connectivity index (χ3n) is 9.67. The van der Waals surface area contributed by atoms with Gasteiger partial charge in [0.15, 0.2) is 0 Å². The molecule has 0 fully saturated rings. The molecule has 0 radical (unpaired) electrons. The monoisotopic (exact) mass is 643 g/mol. The number of thiophene rings is 1. The standard InChI is InChI=1S/C46H29NOS/c1-2-11-30(12-3-1)35-13-4-7-18-42(35)47(34-27-23-32-24-28-39-37-14-5-8-19-43(37)48-45(39)41(32)29-34)33-25-21-31(22-26-33)36-16-10-17-40-38-15-6-9-20-44(38)49-46(36)40/h1-29H. The fourth-order valence-corrected chi connectivity index (χ4v) is 8.59. The quantitative estimate of drug-likeness (QED) is 0.186. The van der Waals surface area contributed by atoms with Crippen molar-refractivity contribution >= 4 is 81.3 Å². The molecule has 0 unspecified atom stereocenters. The molecule has 3 heteroatoms. The van der Waals surface area contributed by atoms with E-state index < -0.39 is 0 Å². The van der Waals surface area contributed by atoms with Crippen LogP contribution in [0.2, 0.25) is 0 Å². The van der Waals surface area contributed by atoms with Gasteiger partial charge in [-0.25, -0.2) is 0 Å². The topological polar surface area (TPSA) is 16.4 Å². The van der Waals surface area contributed by atoms with E-state index in [1.165, 1.54) is 42.4 Å². The molecular formula is C46H29NOS. The number of para-hydroxylation sites is 2. The second kappa shape index (κ2) is 11.2. The third-order valence-corrected chi connectivity index (χ3v) is 10.9. The van der Waals surface area contributed by atoms with E-state index in [2.05, 4.69) is 169 Å². The Morgan fingerprint density at radius 2 is 1.10 bits per heavy atom. The lowest BCUT2D eigenvalue weighted by Gasteiger charge is -2.28. The molecule has 0 bridgehead atoms. The van der Waals surface area contributed by atoms with E-state index in [9.17, 15) is 0 Å². The molecule has 10 aromatic rings. The van der Waals surface area contributed by atoms with Crippen molar-refractivity contribution in [1.82, 2.24) is 0 Å². The van der Waals surface area contributed by atoms with E-state index in [4.69, 9.17) is 4.42 Å². The lowest BCUT2D eigenvalue weighted by atomic mass is 9.99. The van der Waals surface area contributed by atoms with Gasteiger partial charge in [0.1, 0.15) is 11.2 Å². The molecule has 0 saturated carbocycles. The highest BCUT2D eigenvalue weighted by atomic mass is 32.1. The summed E-state index contributed by atoms with van der Waals surface area (Å²) in [6, 6.07) is 63.2. The molecule has 0 saturated heterocycles. The zero-order valence-electron chi connectivity index (χ0n) is 26.5. The molecule has 2 heterocycles. The highest BCUT2D eigenvalue weighted by Gasteiger charge is 2.19. The molecule has 2 nitrogen and oxygen atoms in total. The van der Waals surface area contributed by atoms with E-state index in [0.717, 1.165) is 49.8 Å². The van der Waals surface area contributed by atoms with Crippen molar-refractivity contribution in [3.05, 3.63) is 176 Å². The van der Waals surface area contributed by atoms with Crippen LogP contribution < -0.4 is 4.90 Å². The van der Waals surface area contributed by atoms with Crippen LogP contribution in [0, 0.1) is 0 Å². The lowest BCUT2D eigenvalue weighted by Crippen LogP contribution is -2.11. The highest BCUT2D eigenvalue weighted by Crippen LogP contribution is 2.45. The number of hydrogen-bond donors (Lipinski definition) is 0. The van der Waals surface area contributed by atoms with Crippen LogP contribution in [-0.2, 0) is 0 Å². The van der Waals surface area contributed by atoms with Crippen molar-refractivity contribution < 1.29 is 4.42 Å². The van der Waals surface area contributed by atoms with Gasteiger partial charge in [-0.05, 0) is 70.6 Å². The van der Waals surface area contributed by atoms with Crippen LogP contribution >= 0.6 is 11.3 Å². The first kappa shape index (κ1) is 27.9. The summed E-state index contributed by atoms with van der Waals surface area (Å²) in [4.78, 5) is 2.38. The Morgan fingerprint density at radius 3 is 2.00 bits per heavy atom. The molecule has 10 rings (SSSR count). The van der Waals surface area contributed by atoms with Gasteiger partial charge in [0, 0.05) is 53.3 Å². The molecule has 0 atom stereocenters. The maximum absolute atomic E-state index is 6.51. The maximum atomic E-state index is 6.51. The van der Waals surface area contributed by atoms with Crippen LogP contribution in [0.5, 0.6) is 0 Å². The van der Waals surface area contributed by atoms with E-state index in [0.29, 0.717) is 0 Å². The Morgan fingerprint density at radius 1 is 0.429 bits per heavy atom. The highest BCUT2D eigenvalue weighted by molar-refractivity contribution is 7.26. The Labute approximate surface area is 287 Å². The first-order valence-electron chi connectivity index (χ1n) is 16.6. The van der Waals surface area contributed by atoms with Gasteiger partial charge >= 0.3 is 0 Å². The number of furan rings is 1. The van der Waals surface area contributed by atoms with Gasteiger partial charge in [0.05, 0.1) is 5.69 Å². The largest absolute Gasteiger partial charge is 0.455 e. The zero-order valence-corrected chi connectivity index (χ0v) is 27.3. The van der Waals surface area contributed by atoms with Crippen molar-refractivity contribution in [3.8, 4) is 22.3 Å². The summed E-state index contributed by atoms with van der Waals surface area (Å²) in [7, 11) is 0. The SMILES string of the molecule is c1ccc(-c2ccccc2N(c2ccc(-c3cccc4c3sc3ccccc34)cc2)c2ccc3ccc4c5ccccc5oc4c3c2)cc1. The van der Waals surface area contributed by atoms with Crippen molar-refractivity contribution in [1.29, 1.82) is 0 Å². The average molecular weight is 644 g/mol. The minimum absolute atomic E-state index is 0.908. The van der Waals surface area contributed by atoms with Gasteiger partial charge in [-0.3, -0.25) is 0 Å². The van der Waals surface area contributed by atoms with Crippen LogP contribution in [0.4, 0.5) is 17.1 Å². The van der Waals surface area contributed by atoms with Crippen molar-refractivity contribution in [2.45, 2.75) is 0 Å². The molecule has 8 aromatic carbocycles. The van der Waals surface area contributed by atoms with Crippen LogP contribution in [0.25, 0.3) is 75.1 Å². The molecular weight excluding hydrogens is 615 g/mol. The smallest absolute Gasteiger partial charge is 0.143 e. The molecule has 0 N–H and O–H groups in total. The van der Waals surface area contributed by atoms with Gasteiger partial charge in [0.25, 0.3) is 0 Å². The number of rotatable bonds is 5. The van der Waals surface area contributed by atoms with Gasteiger partial charge in [-0.15, -0.1) is 11.3 Å². The summed E-state index contributed by atoms with van der Waals surface area (Å²) in [5, 5.41) is 7.16. The van der Waals surface area contributed by atoms with E-state index in [1.807, 2.05) is 23.5 Å². The molecule has 0 aliphatic rings. The van der Waals surface area contributed by atoms with Crippen LogP contribution in [-0.4, -0.2) is 0 Å². The second-order valence-corrected chi connectivity index (χ2v) is 13.5. The first-order chi connectivity index (χ1) is 24.3. The minimum Gasteiger partial charge on any atom is -0.455 e. The van der Waals surface area contributed by atoms with E-state index in [1.54, 1.807) is 0 Å². The van der Waals surface area contributed by atoms with Gasteiger partial charge < -0.3 is 9.32 Å². The Balaban J connectivity index is 1.17. The Hall–Kier alpha value is -6.16. The van der Waals surface area contributed by atoms with Gasteiger partial charge in [0.2, 0.25) is 0 Å². The fraction of sp³-hybridized carbons (Fsp3) is 0. The molecule has 2 aromatic heterocycles. The fourth-order valence-electron chi connectivity index (χ4n) is 7.35. The second-order valence-electron chi connectivity index (χ2n) is 12.5. The molecule has 0 amide bonds. The minimum atomic E-state index is 0.908. The molecule has 0 aliphatic heterocycles. The average Bonchev–Trinajstić information content (AvgIpc) is 3.75. The molecule has 0 spiro atoms. The third kappa shape index (κ3) is 4.55. The van der Waals surface area contributed by atoms with E-state index in [-0.39, 0.29) is 0 Å². The summed E-state index contributed by atoms with van der Waals surface area (Å²) < 4.78 is 9.15. The number of nitrogens with zero attached hydrogens (tertiary/aromatic N) is 1. The van der Waals surface area contributed by atoms with Crippen LogP contribution in [0.15, 0.2) is 180 Å². The van der Waals surface area contributed by atoms with Gasteiger partial charge in [-0.2, -0.15) is 0 Å². The van der Waals surface area contributed by atoms with Crippen molar-refractivity contribution in [2.75, 3.05) is 4.90 Å². The predicted molar refractivity (Wildman–Crippen MR) is 210 cm³/mol. The summed E-state index contributed by atoms with van der Waals surface area (Å²) in [6.07, 6.45) is 0. The Kier molecular flexibility index (Phi) is 6.39. The summed E-state index contributed by atoms with van der Waals surface area (Å²) in [5.41, 5.74) is 9.92. The molecule has 49 heavy (non-hydrogen) atoms. The normalized spacial score (nSPS) is 11.7. The Bertz CT molecular complexity index is 2830. The molecule has 230 valence electrons. The predicted octanol–water partition coefficient (Wildman–Crippen LogP) is 13.9. The first-order valence-corrected chi connectivity index (χ1v) is 17.4. The summed E-state index contributed by atoms with van der Waals surface area (Å²) in [5.74, 6) is 0. The van der Waals surface area contributed by atoms with E-state index >= 15 is 0 Å². The lowest BCUT2D eigenvalue weighted by molar-refractivity contribution is 0.672. The van der Waals surface area contributed by atoms with Crippen LogP contribution in [0.1, 0.15) is 0 Å². The number of benzene rings is 8. The van der Waals surface area contributed by atoms with Crippen molar-refractivity contribution in [2.24, 2.45) is 0 Å². The summed E-state index contributed by atoms with van der Waals surface area (Å²) >= 11 is 1.87. The number of hydrogen-bond acceptors (Lipinski definition) is 3. The van der Waals surface area contributed by atoms with Crippen molar-refractivity contribution in [3.63, 3.8) is 0 Å².